The normalized spacial score (nSPS) is 10.8. The molecule has 0 aromatic heterocycles. The molecule has 112 valence electrons. The molecule has 0 saturated carbocycles. The van der Waals surface area contributed by atoms with Crippen molar-refractivity contribution in [1.29, 1.82) is 0 Å². The quantitative estimate of drug-likeness (QED) is 0.742. The number of hydrogen-bond acceptors (Lipinski definition) is 2. The van der Waals surface area contributed by atoms with Crippen LogP contribution in [0, 0.1) is 5.92 Å². The smallest absolute Gasteiger partial charge is 0.224 e. The summed E-state index contributed by atoms with van der Waals surface area (Å²) in [6, 6.07) is 5.22. The molecule has 0 spiro atoms. The molecule has 20 heavy (non-hydrogen) atoms. The SMILES string of the molecule is CC(C)COCCCNC(=O)Cc1ccc(Cl)c(Cl)c1. The molecule has 0 saturated heterocycles. The zero-order chi connectivity index (χ0) is 15.0. The summed E-state index contributed by atoms with van der Waals surface area (Å²) in [4.78, 5) is 11.7. The van der Waals surface area contributed by atoms with E-state index in [-0.39, 0.29) is 5.91 Å². The Morgan fingerprint density at radius 1 is 1.30 bits per heavy atom. The molecule has 0 aliphatic heterocycles. The highest BCUT2D eigenvalue weighted by molar-refractivity contribution is 6.42. The lowest BCUT2D eigenvalue weighted by Gasteiger charge is -2.08. The fourth-order valence-electron chi connectivity index (χ4n) is 1.62. The number of carbonyl (C=O) groups is 1. The minimum Gasteiger partial charge on any atom is -0.381 e. The van der Waals surface area contributed by atoms with Crippen LogP contribution in [0.15, 0.2) is 18.2 Å². The zero-order valence-electron chi connectivity index (χ0n) is 11.9. The van der Waals surface area contributed by atoms with Crippen LogP contribution in [-0.2, 0) is 16.0 Å². The third-order valence-electron chi connectivity index (χ3n) is 2.59. The van der Waals surface area contributed by atoms with E-state index >= 15 is 0 Å². The molecule has 0 radical (unpaired) electrons. The van der Waals surface area contributed by atoms with Crippen molar-refractivity contribution < 1.29 is 9.53 Å². The lowest BCUT2D eigenvalue weighted by Crippen LogP contribution is -2.27. The van der Waals surface area contributed by atoms with Crippen LogP contribution in [0.5, 0.6) is 0 Å². The van der Waals surface area contributed by atoms with Gasteiger partial charge in [-0.2, -0.15) is 0 Å². The largest absolute Gasteiger partial charge is 0.381 e. The third-order valence-corrected chi connectivity index (χ3v) is 3.33. The standard InChI is InChI=1S/C15H21Cl2NO2/c1-11(2)10-20-7-3-6-18-15(19)9-12-4-5-13(16)14(17)8-12/h4-5,8,11H,3,6-7,9-10H2,1-2H3,(H,18,19). The Morgan fingerprint density at radius 3 is 2.70 bits per heavy atom. The van der Waals surface area contributed by atoms with E-state index in [1.807, 2.05) is 0 Å². The molecule has 3 nitrogen and oxygen atoms in total. The predicted octanol–water partition coefficient (Wildman–Crippen LogP) is 3.71. The summed E-state index contributed by atoms with van der Waals surface area (Å²) in [5.41, 5.74) is 0.855. The number of amides is 1. The molecule has 0 fully saturated rings. The molecule has 1 amide bonds. The molecule has 0 unspecified atom stereocenters. The van der Waals surface area contributed by atoms with Gasteiger partial charge in [-0.3, -0.25) is 4.79 Å². The van der Waals surface area contributed by atoms with E-state index in [4.69, 9.17) is 27.9 Å². The van der Waals surface area contributed by atoms with Crippen molar-refractivity contribution in [2.75, 3.05) is 19.8 Å². The Bertz CT molecular complexity index is 436. The average Bonchev–Trinajstić information content (AvgIpc) is 2.38. The van der Waals surface area contributed by atoms with E-state index in [9.17, 15) is 4.79 Å². The Labute approximate surface area is 130 Å². The highest BCUT2D eigenvalue weighted by atomic mass is 35.5. The van der Waals surface area contributed by atoms with Gasteiger partial charge in [0.05, 0.1) is 16.5 Å². The molecule has 0 aliphatic carbocycles. The molecule has 1 aromatic rings. The summed E-state index contributed by atoms with van der Waals surface area (Å²) in [6.45, 7) is 6.28. The van der Waals surface area contributed by atoms with Gasteiger partial charge in [-0.05, 0) is 30.0 Å². The van der Waals surface area contributed by atoms with Crippen LogP contribution in [0.1, 0.15) is 25.8 Å². The molecule has 1 aromatic carbocycles. The third kappa shape index (κ3) is 7.13. The Morgan fingerprint density at radius 2 is 2.05 bits per heavy atom. The molecule has 0 bridgehead atoms. The van der Waals surface area contributed by atoms with Gasteiger partial charge in [0.25, 0.3) is 0 Å². The van der Waals surface area contributed by atoms with Gasteiger partial charge in [0.2, 0.25) is 5.91 Å². The van der Waals surface area contributed by atoms with Crippen LogP contribution in [0.4, 0.5) is 0 Å². The van der Waals surface area contributed by atoms with Crippen LogP contribution in [-0.4, -0.2) is 25.7 Å². The van der Waals surface area contributed by atoms with Gasteiger partial charge in [0.1, 0.15) is 0 Å². The second-order valence-electron chi connectivity index (χ2n) is 5.10. The van der Waals surface area contributed by atoms with Gasteiger partial charge in [-0.1, -0.05) is 43.1 Å². The molecule has 0 aliphatic rings. The van der Waals surface area contributed by atoms with Crippen LogP contribution < -0.4 is 5.32 Å². The van der Waals surface area contributed by atoms with Crippen LogP contribution >= 0.6 is 23.2 Å². The van der Waals surface area contributed by atoms with E-state index in [1.165, 1.54) is 0 Å². The number of benzene rings is 1. The fourth-order valence-corrected chi connectivity index (χ4v) is 1.94. The van der Waals surface area contributed by atoms with Crippen molar-refractivity contribution in [3.05, 3.63) is 33.8 Å². The molecule has 0 heterocycles. The highest BCUT2D eigenvalue weighted by Crippen LogP contribution is 2.22. The maximum atomic E-state index is 11.7. The lowest BCUT2D eigenvalue weighted by molar-refractivity contribution is -0.120. The highest BCUT2D eigenvalue weighted by Gasteiger charge is 2.05. The van der Waals surface area contributed by atoms with Gasteiger partial charge < -0.3 is 10.1 Å². The number of halogens is 2. The van der Waals surface area contributed by atoms with Gasteiger partial charge in [0.15, 0.2) is 0 Å². The van der Waals surface area contributed by atoms with Crippen molar-refractivity contribution in [3.8, 4) is 0 Å². The Hall–Kier alpha value is -0.770. The van der Waals surface area contributed by atoms with Crippen LogP contribution in [0.3, 0.4) is 0 Å². The van der Waals surface area contributed by atoms with Gasteiger partial charge in [-0.25, -0.2) is 0 Å². The van der Waals surface area contributed by atoms with Crippen LogP contribution in [0.2, 0.25) is 10.0 Å². The number of carbonyl (C=O) groups excluding carboxylic acids is 1. The molecular weight excluding hydrogens is 297 g/mol. The molecule has 1 N–H and O–H groups in total. The summed E-state index contributed by atoms with van der Waals surface area (Å²) in [5.74, 6) is 0.520. The topological polar surface area (TPSA) is 38.3 Å². The maximum Gasteiger partial charge on any atom is 0.224 e. The van der Waals surface area contributed by atoms with Gasteiger partial charge >= 0.3 is 0 Å². The van der Waals surface area contributed by atoms with Gasteiger partial charge in [-0.15, -0.1) is 0 Å². The second-order valence-corrected chi connectivity index (χ2v) is 5.91. The summed E-state index contributed by atoms with van der Waals surface area (Å²) in [5, 5.41) is 3.83. The van der Waals surface area contributed by atoms with Crippen molar-refractivity contribution in [2.45, 2.75) is 26.7 Å². The molecule has 5 heteroatoms. The first-order chi connectivity index (χ1) is 9.49. The number of hydrogen-bond donors (Lipinski definition) is 1. The average molecular weight is 318 g/mol. The first kappa shape index (κ1) is 17.3. The van der Waals surface area contributed by atoms with E-state index in [0.717, 1.165) is 18.6 Å². The van der Waals surface area contributed by atoms with Crippen molar-refractivity contribution in [1.82, 2.24) is 5.32 Å². The summed E-state index contributed by atoms with van der Waals surface area (Å²) in [7, 11) is 0. The summed E-state index contributed by atoms with van der Waals surface area (Å²) >= 11 is 11.7. The fraction of sp³-hybridized carbons (Fsp3) is 0.533. The Kier molecular flexibility index (Phi) is 7.97. The number of rotatable bonds is 8. The summed E-state index contributed by atoms with van der Waals surface area (Å²) < 4.78 is 5.44. The predicted molar refractivity (Wildman–Crippen MR) is 83.4 cm³/mol. The minimum atomic E-state index is -0.0211. The van der Waals surface area contributed by atoms with E-state index in [2.05, 4.69) is 19.2 Å². The zero-order valence-corrected chi connectivity index (χ0v) is 13.4. The maximum absolute atomic E-state index is 11.7. The van der Waals surface area contributed by atoms with Crippen molar-refractivity contribution in [2.24, 2.45) is 5.92 Å². The van der Waals surface area contributed by atoms with Gasteiger partial charge in [0, 0.05) is 19.8 Å². The summed E-state index contributed by atoms with van der Waals surface area (Å²) in [6.07, 6.45) is 1.13. The number of ether oxygens (including phenoxy) is 1. The molecular formula is C15H21Cl2NO2. The van der Waals surface area contributed by atoms with E-state index < -0.39 is 0 Å². The minimum absolute atomic E-state index is 0.0211. The first-order valence-electron chi connectivity index (χ1n) is 6.77. The molecule has 1 rings (SSSR count). The second kappa shape index (κ2) is 9.22. The lowest BCUT2D eigenvalue weighted by atomic mass is 10.1. The van der Waals surface area contributed by atoms with Crippen LogP contribution in [0.25, 0.3) is 0 Å². The van der Waals surface area contributed by atoms with E-state index in [0.29, 0.717) is 35.5 Å². The van der Waals surface area contributed by atoms with Crippen molar-refractivity contribution >= 4 is 29.1 Å². The first-order valence-corrected chi connectivity index (χ1v) is 7.53. The monoisotopic (exact) mass is 317 g/mol. The Balaban J connectivity index is 2.18. The van der Waals surface area contributed by atoms with E-state index in [1.54, 1.807) is 18.2 Å². The molecule has 0 atom stereocenters. The van der Waals surface area contributed by atoms with Crippen molar-refractivity contribution in [3.63, 3.8) is 0 Å². The number of nitrogens with one attached hydrogen (secondary N) is 1.